The number of hydrogen-bond acceptors (Lipinski definition) is 5. The summed E-state index contributed by atoms with van der Waals surface area (Å²) in [6, 6.07) is 1.34. The predicted molar refractivity (Wildman–Crippen MR) is 41.4 cm³/mol. The number of nitro groups is 2. The lowest BCUT2D eigenvalue weighted by Gasteiger charge is -1.97. The van der Waals surface area contributed by atoms with Gasteiger partial charge in [0.2, 0.25) is 5.82 Å². The van der Waals surface area contributed by atoms with Gasteiger partial charge >= 0.3 is 11.4 Å². The van der Waals surface area contributed by atoms with Crippen LogP contribution in [0.25, 0.3) is 0 Å². The van der Waals surface area contributed by atoms with Crippen molar-refractivity contribution in [2.45, 2.75) is 0 Å². The lowest BCUT2D eigenvalue weighted by Crippen LogP contribution is -1.99. The molecule has 0 saturated heterocycles. The molecular weight excluding hydrogens is 199 g/mol. The van der Waals surface area contributed by atoms with Crippen LogP contribution in [0.2, 0.25) is 0 Å². The molecule has 1 rings (SSSR count). The Labute approximate surface area is 75.7 Å². The van der Waals surface area contributed by atoms with Crippen molar-refractivity contribution in [3.8, 4) is 5.75 Å². The Kier molecular flexibility index (Phi) is 2.28. The lowest BCUT2D eigenvalue weighted by atomic mass is 10.2. The van der Waals surface area contributed by atoms with E-state index in [1.807, 2.05) is 0 Å². The molecular formula is C6H3FN2O5. The van der Waals surface area contributed by atoms with Crippen LogP contribution in [-0.4, -0.2) is 15.0 Å². The maximum Gasteiger partial charge on any atom is 0.385 e. The Morgan fingerprint density at radius 3 is 2.21 bits per heavy atom. The third-order valence-electron chi connectivity index (χ3n) is 1.45. The number of rotatable bonds is 2. The molecule has 0 aliphatic heterocycles. The van der Waals surface area contributed by atoms with Crippen molar-refractivity contribution in [1.29, 1.82) is 0 Å². The van der Waals surface area contributed by atoms with Gasteiger partial charge in [0.05, 0.1) is 9.85 Å². The van der Waals surface area contributed by atoms with Crippen molar-refractivity contribution in [3.05, 3.63) is 38.2 Å². The number of benzene rings is 1. The fraction of sp³-hybridized carbons (Fsp3) is 0. The van der Waals surface area contributed by atoms with Gasteiger partial charge in [-0.15, -0.1) is 0 Å². The van der Waals surface area contributed by atoms with E-state index in [0.717, 1.165) is 0 Å². The highest BCUT2D eigenvalue weighted by atomic mass is 19.1. The van der Waals surface area contributed by atoms with Gasteiger partial charge < -0.3 is 5.11 Å². The highest BCUT2D eigenvalue weighted by molar-refractivity contribution is 5.56. The summed E-state index contributed by atoms with van der Waals surface area (Å²) in [5.74, 6) is -2.61. The SMILES string of the molecule is O=[N+]([O-])c1ccc(O)c(F)c1[N+](=O)[O-]. The minimum atomic E-state index is -1.61. The van der Waals surface area contributed by atoms with Gasteiger partial charge in [-0.3, -0.25) is 20.2 Å². The Balaban J connectivity index is 3.53. The maximum atomic E-state index is 12.9. The van der Waals surface area contributed by atoms with Gasteiger partial charge in [-0.2, -0.15) is 4.39 Å². The van der Waals surface area contributed by atoms with Gasteiger partial charge in [0, 0.05) is 6.07 Å². The second-order valence-electron chi connectivity index (χ2n) is 2.28. The summed E-state index contributed by atoms with van der Waals surface area (Å²) in [6.07, 6.45) is 0. The van der Waals surface area contributed by atoms with Crippen LogP contribution in [0.5, 0.6) is 5.75 Å². The first kappa shape index (κ1) is 9.84. The number of nitrogens with zero attached hydrogens (tertiary/aromatic N) is 2. The van der Waals surface area contributed by atoms with Crippen LogP contribution in [0.3, 0.4) is 0 Å². The van der Waals surface area contributed by atoms with E-state index < -0.39 is 32.8 Å². The zero-order valence-electron chi connectivity index (χ0n) is 6.51. The molecule has 0 heterocycles. The number of hydrogen-bond donors (Lipinski definition) is 1. The molecule has 14 heavy (non-hydrogen) atoms. The van der Waals surface area contributed by atoms with Crippen molar-refractivity contribution in [2.75, 3.05) is 0 Å². The van der Waals surface area contributed by atoms with Gasteiger partial charge in [0.25, 0.3) is 0 Å². The Morgan fingerprint density at radius 2 is 1.79 bits per heavy atom. The van der Waals surface area contributed by atoms with E-state index in [1.165, 1.54) is 0 Å². The highest BCUT2D eigenvalue weighted by Gasteiger charge is 2.31. The fourth-order valence-electron chi connectivity index (χ4n) is 0.865. The second-order valence-corrected chi connectivity index (χ2v) is 2.28. The second kappa shape index (κ2) is 3.24. The quantitative estimate of drug-likeness (QED) is 0.575. The summed E-state index contributed by atoms with van der Waals surface area (Å²) in [5, 5.41) is 29.2. The molecule has 7 nitrogen and oxygen atoms in total. The molecule has 0 bridgehead atoms. The van der Waals surface area contributed by atoms with Crippen LogP contribution in [0, 0.1) is 26.0 Å². The van der Waals surface area contributed by atoms with E-state index in [-0.39, 0.29) is 0 Å². The Morgan fingerprint density at radius 1 is 1.21 bits per heavy atom. The van der Waals surface area contributed by atoms with Crippen LogP contribution in [-0.2, 0) is 0 Å². The van der Waals surface area contributed by atoms with Crippen molar-refractivity contribution in [1.82, 2.24) is 0 Å². The molecule has 0 atom stereocenters. The summed E-state index contributed by atoms with van der Waals surface area (Å²) in [4.78, 5) is 18.1. The first-order valence-electron chi connectivity index (χ1n) is 3.25. The minimum absolute atomic E-state index is 0.663. The monoisotopic (exact) mass is 202 g/mol. The van der Waals surface area contributed by atoms with Crippen LogP contribution in [0.1, 0.15) is 0 Å². The van der Waals surface area contributed by atoms with Crippen molar-refractivity contribution >= 4 is 11.4 Å². The van der Waals surface area contributed by atoms with Gasteiger partial charge in [0.1, 0.15) is 0 Å². The first-order valence-corrected chi connectivity index (χ1v) is 3.25. The molecule has 0 fully saturated rings. The summed E-state index contributed by atoms with van der Waals surface area (Å²) in [5.41, 5.74) is -2.33. The Bertz CT molecular complexity index is 419. The van der Waals surface area contributed by atoms with Gasteiger partial charge in [0.15, 0.2) is 5.75 Å². The third-order valence-corrected chi connectivity index (χ3v) is 1.45. The topological polar surface area (TPSA) is 107 Å². The summed E-state index contributed by atoms with van der Waals surface area (Å²) in [7, 11) is 0. The van der Waals surface area contributed by atoms with E-state index in [2.05, 4.69) is 0 Å². The number of phenols is 1. The number of aromatic hydroxyl groups is 1. The smallest absolute Gasteiger partial charge is 0.385 e. The van der Waals surface area contributed by atoms with E-state index >= 15 is 0 Å². The number of nitro benzene ring substituents is 2. The van der Waals surface area contributed by atoms with E-state index in [0.29, 0.717) is 12.1 Å². The standard InChI is InChI=1S/C6H3FN2O5/c7-5-4(10)2-1-3(8(11)12)6(5)9(13)14/h1-2,10H. The number of phenolic OH excluding ortho intramolecular Hbond substituents is 1. The summed E-state index contributed by atoms with van der Waals surface area (Å²) < 4.78 is 12.9. The zero-order chi connectivity index (χ0) is 10.9. The van der Waals surface area contributed by atoms with Gasteiger partial charge in [-0.1, -0.05) is 0 Å². The van der Waals surface area contributed by atoms with Crippen LogP contribution in [0.15, 0.2) is 12.1 Å². The molecule has 8 heteroatoms. The van der Waals surface area contributed by atoms with E-state index in [4.69, 9.17) is 5.11 Å². The molecule has 1 aromatic carbocycles. The average molecular weight is 202 g/mol. The van der Waals surface area contributed by atoms with Crippen molar-refractivity contribution in [2.24, 2.45) is 0 Å². The summed E-state index contributed by atoms with van der Waals surface area (Å²) >= 11 is 0. The first-order chi connectivity index (χ1) is 6.45. The molecule has 0 aliphatic carbocycles. The fourth-order valence-corrected chi connectivity index (χ4v) is 0.865. The maximum absolute atomic E-state index is 12.9. The van der Waals surface area contributed by atoms with E-state index in [1.54, 1.807) is 0 Å². The zero-order valence-corrected chi connectivity index (χ0v) is 6.51. The number of halogens is 1. The molecule has 1 aromatic rings. The Hall–Kier alpha value is -2.25. The van der Waals surface area contributed by atoms with Gasteiger partial charge in [-0.05, 0) is 6.07 Å². The molecule has 0 aliphatic rings. The van der Waals surface area contributed by atoms with Crippen LogP contribution in [0.4, 0.5) is 15.8 Å². The molecule has 0 amide bonds. The molecule has 0 saturated carbocycles. The minimum Gasteiger partial charge on any atom is -0.505 e. The molecule has 0 unspecified atom stereocenters. The van der Waals surface area contributed by atoms with Gasteiger partial charge in [-0.25, -0.2) is 0 Å². The normalized spacial score (nSPS) is 9.79. The van der Waals surface area contributed by atoms with E-state index in [9.17, 15) is 24.6 Å². The van der Waals surface area contributed by atoms with Crippen molar-refractivity contribution < 1.29 is 19.3 Å². The predicted octanol–water partition coefficient (Wildman–Crippen LogP) is 1.35. The molecule has 1 N–H and O–H groups in total. The average Bonchev–Trinajstić information content (AvgIpc) is 2.08. The lowest BCUT2D eigenvalue weighted by molar-refractivity contribution is -0.424. The third kappa shape index (κ3) is 1.44. The van der Waals surface area contributed by atoms with Crippen LogP contribution < -0.4 is 0 Å². The van der Waals surface area contributed by atoms with Crippen LogP contribution >= 0.6 is 0 Å². The largest absolute Gasteiger partial charge is 0.505 e. The van der Waals surface area contributed by atoms with Crippen molar-refractivity contribution in [3.63, 3.8) is 0 Å². The summed E-state index contributed by atoms with van der Waals surface area (Å²) in [6.45, 7) is 0. The molecule has 0 radical (unpaired) electrons. The highest BCUT2D eigenvalue weighted by Crippen LogP contribution is 2.34. The molecule has 0 aromatic heterocycles. The molecule has 74 valence electrons. The molecule has 0 spiro atoms.